The quantitative estimate of drug-likeness (QED) is 0.618. The summed E-state index contributed by atoms with van der Waals surface area (Å²) in [5.41, 5.74) is 0. The molecule has 20 heavy (non-hydrogen) atoms. The van der Waals surface area contributed by atoms with Crippen molar-refractivity contribution in [1.29, 1.82) is 0 Å². The van der Waals surface area contributed by atoms with E-state index in [9.17, 15) is 0 Å². The molecule has 0 amide bonds. The van der Waals surface area contributed by atoms with E-state index >= 15 is 0 Å². The van der Waals surface area contributed by atoms with Gasteiger partial charge in [-0.2, -0.15) is 0 Å². The maximum atomic E-state index is 5.81. The average Bonchev–Trinajstić information content (AvgIpc) is 2.43. The van der Waals surface area contributed by atoms with Gasteiger partial charge < -0.3 is 14.8 Å². The number of ether oxygens (including phenoxy) is 2. The summed E-state index contributed by atoms with van der Waals surface area (Å²) in [6.45, 7) is 5.74. The molecule has 0 aliphatic carbocycles. The van der Waals surface area contributed by atoms with E-state index in [0.29, 0.717) is 5.92 Å². The van der Waals surface area contributed by atoms with Gasteiger partial charge in [0.15, 0.2) is 0 Å². The van der Waals surface area contributed by atoms with E-state index in [1.807, 2.05) is 24.3 Å². The smallest absolute Gasteiger partial charge is 0.120 e. The Morgan fingerprint density at radius 3 is 2.80 bits per heavy atom. The Hall–Kier alpha value is -0.580. The Morgan fingerprint density at radius 1 is 1.25 bits per heavy atom. The molecule has 0 radical (unpaired) electrons. The van der Waals surface area contributed by atoms with Gasteiger partial charge in [-0.1, -0.05) is 35.3 Å². The molecule has 0 spiro atoms. The van der Waals surface area contributed by atoms with Crippen LogP contribution in [0.1, 0.15) is 26.2 Å². The van der Waals surface area contributed by atoms with Gasteiger partial charge in [-0.3, -0.25) is 0 Å². The number of hydrogen-bond acceptors (Lipinski definition) is 3. The summed E-state index contributed by atoms with van der Waals surface area (Å²) in [4.78, 5) is 0. The highest BCUT2D eigenvalue weighted by Gasteiger charge is 2.07. The van der Waals surface area contributed by atoms with Gasteiger partial charge >= 0.3 is 0 Å². The van der Waals surface area contributed by atoms with Gasteiger partial charge in [-0.15, -0.1) is 0 Å². The van der Waals surface area contributed by atoms with Crippen LogP contribution in [0.25, 0.3) is 0 Å². The van der Waals surface area contributed by atoms with Gasteiger partial charge in [0.05, 0.1) is 13.2 Å². The highest BCUT2D eigenvalue weighted by atomic mass is 79.9. The Balaban J connectivity index is 2.24. The maximum Gasteiger partial charge on any atom is 0.120 e. The van der Waals surface area contributed by atoms with Gasteiger partial charge in [-0.25, -0.2) is 0 Å². The molecule has 4 heteroatoms. The van der Waals surface area contributed by atoms with Crippen LogP contribution in [0, 0.1) is 5.92 Å². The molecule has 1 atom stereocenters. The second kappa shape index (κ2) is 11.1. The minimum atomic E-state index is 0.670. The van der Waals surface area contributed by atoms with Crippen LogP contribution in [-0.4, -0.2) is 33.4 Å². The first-order chi connectivity index (χ1) is 9.76. The summed E-state index contributed by atoms with van der Waals surface area (Å²) in [7, 11) is 1.73. The highest BCUT2D eigenvalue weighted by molar-refractivity contribution is 9.10. The van der Waals surface area contributed by atoms with Crippen molar-refractivity contribution in [3.63, 3.8) is 0 Å². The zero-order valence-corrected chi connectivity index (χ0v) is 14.1. The van der Waals surface area contributed by atoms with E-state index in [1.165, 1.54) is 12.8 Å². The van der Waals surface area contributed by atoms with Crippen molar-refractivity contribution in [3.05, 3.63) is 28.7 Å². The van der Waals surface area contributed by atoms with Gasteiger partial charge in [0.1, 0.15) is 5.75 Å². The van der Waals surface area contributed by atoms with Crippen molar-refractivity contribution >= 4 is 15.9 Å². The second-order valence-corrected chi connectivity index (χ2v) is 5.86. The zero-order valence-electron chi connectivity index (χ0n) is 12.5. The molecular formula is C16H26BrNO2. The first kappa shape index (κ1) is 17.5. The number of halogens is 1. The monoisotopic (exact) mass is 343 g/mol. The number of nitrogens with one attached hydrogen (secondary N) is 1. The van der Waals surface area contributed by atoms with Crippen LogP contribution in [0.3, 0.4) is 0 Å². The van der Waals surface area contributed by atoms with Crippen LogP contribution < -0.4 is 10.1 Å². The van der Waals surface area contributed by atoms with E-state index in [-0.39, 0.29) is 0 Å². The van der Waals surface area contributed by atoms with Crippen molar-refractivity contribution in [1.82, 2.24) is 5.32 Å². The lowest BCUT2D eigenvalue weighted by molar-refractivity contribution is 0.195. The highest BCUT2D eigenvalue weighted by Crippen LogP contribution is 2.19. The molecule has 114 valence electrons. The number of methoxy groups -OCH3 is 1. The molecule has 1 aromatic rings. The Kier molecular flexibility index (Phi) is 9.71. The lowest BCUT2D eigenvalue weighted by Gasteiger charge is -2.17. The largest absolute Gasteiger partial charge is 0.494 e. The normalized spacial score (nSPS) is 12.3. The van der Waals surface area contributed by atoms with Crippen LogP contribution in [0.15, 0.2) is 28.7 Å². The molecule has 0 heterocycles. The second-order valence-electron chi connectivity index (χ2n) is 4.95. The first-order valence-corrected chi connectivity index (χ1v) is 8.13. The van der Waals surface area contributed by atoms with Gasteiger partial charge in [0.25, 0.3) is 0 Å². The van der Waals surface area contributed by atoms with Crippen molar-refractivity contribution in [2.24, 2.45) is 5.92 Å². The number of rotatable bonds is 11. The molecule has 0 saturated heterocycles. The summed E-state index contributed by atoms with van der Waals surface area (Å²) in [5, 5.41) is 3.44. The molecule has 1 aromatic carbocycles. The van der Waals surface area contributed by atoms with Crippen molar-refractivity contribution in [3.8, 4) is 5.75 Å². The van der Waals surface area contributed by atoms with Gasteiger partial charge in [-0.05, 0) is 43.5 Å². The molecule has 0 saturated carbocycles. The lowest BCUT2D eigenvalue weighted by atomic mass is 10.0. The van der Waals surface area contributed by atoms with Crippen LogP contribution in [0.5, 0.6) is 5.75 Å². The number of hydrogen-bond donors (Lipinski definition) is 1. The Bertz CT molecular complexity index is 360. The summed E-state index contributed by atoms with van der Waals surface area (Å²) in [6.07, 6.45) is 3.54. The molecule has 0 aliphatic rings. The van der Waals surface area contributed by atoms with Crippen LogP contribution in [0.2, 0.25) is 0 Å². The Labute approximate surface area is 131 Å². The molecule has 0 aliphatic heterocycles. The van der Waals surface area contributed by atoms with Crippen LogP contribution >= 0.6 is 15.9 Å². The maximum absolute atomic E-state index is 5.81. The minimum absolute atomic E-state index is 0.670. The average molecular weight is 344 g/mol. The SMILES string of the molecule is CCCC(CCOc1cccc(Br)c1)CNCCOC. The van der Waals surface area contributed by atoms with E-state index in [0.717, 1.165) is 42.9 Å². The standard InChI is InChI=1S/C16H26BrNO2/c1-3-5-14(13-18-9-11-19-2)8-10-20-16-7-4-6-15(17)12-16/h4,6-7,12,14,18H,3,5,8-11,13H2,1-2H3. The minimum Gasteiger partial charge on any atom is -0.494 e. The molecule has 0 bridgehead atoms. The topological polar surface area (TPSA) is 30.5 Å². The van der Waals surface area contributed by atoms with E-state index in [4.69, 9.17) is 9.47 Å². The van der Waals surface area contributed by atoms with Crippen LogP contribution in [-0.2, 0) is 4.74 Å². The van der Waals surface area contributed by atoms with Crippen LogP contribution in [0.4, 0.5) is 0 Å². The number of benzene rings is 1. The van der Waals surface area contributed by atoms with E-state index in [2.05, 4.69) is 28.2 Å². The third-order valence-corrected chi connectivity index (χ3v) is 3.70. The third kappa shape index (κ3) is 7.88. The Morgan fingerprint density at radius 2 is 2.10 bits per heavy atom. The fourth-order valence-electron chi connectivity index (χ4n) is 2.14. The predicted octanol–water partition coefficient (Wildman–Crippen LogP) is 3.87. The van der Waals surface area contributed by atoms with Crippen molar-refractivity contribution in [2.75, 3.05) is 33.4 Å². The summed E-state index contributed by atoms with van der Waals surface area (Å²) in [5.74, 6) is 1.60. The fourth-order valence-corrected chi connectivity index (χ4v) is 2.52. The molecule has 0 fully saturated rings. The lowest BCUT2D eigenvalue weighted by Crippen LogP contribution is -2.27. The van der Waals surface area contributed by atoms with Crippen molar-refractivity contribution < 1.29 is 9.47 Å². The summed E-state index contributed by atoms with van der Waals surface area (Å²) >= 11 is 3.45. The molecule has 1 unspecified atom stereocenters. The molecular weight excluding hydrogens is 318 g/mol. The fraction of sp³-hybridized carbons (Fsp3) is 0.625. The molecule has 3 nitrogen and oxygen atoms in total. The molecule has 1 rings (SSSR count). The van der Waals surface area contributed by atoms with Gasteiger partial charge in [0.2, 0.25) is 0 Å². The predicted molar refractivity (Wildman–Crippen MR) is 87.4 cm³/mol. The third-order valence-electron chi connectivity index (χ3n) is 3.20. The molecule has 0 aromatic heterocycles. The van der Waals surface area contributed by atoms with Gasteiger partial charge in [0, 0.05) is 18.1 Å². The first-order valence-electron chi connectivity index (χ1n) is 7.34. The van der Waals surface area contributed by atoms with E-state index < -0.39 is 0 Å². The van der Waals surface area contributed by atoms with E-state index in [1.54, 1.807) is 7.11 Å². The summed E-state index contributed by atoms with van der Waals surface area (Å²) < 4.78 is 11.9. The van der Waals surface area contributed by atoms with Crippen molar-refractivity contribution in [2.45, 2.75) is 26.2 Å². The summed E-state index contributed by atoms with van der Waals surface area (Å²) in [6, 6.07) is 8.00. The molecule has 1 N–H and O–H groups in total. The zero-order chi connectivity index (χ0) is 14.6.